The molecule has 0 saturated heterocycles. The molecule has 3 aromatic carbocycles. The Kier molecular flexibility index (Phi) is 7.18. The SMILES string of the molecule is O=C([O-])CCCSc1nc2c(Cc3cccc4ccccc34)cccc2[nH]1.[Na+]. The van der Waals surface area contributed by atoms with Crippen LogP contribution < -0.4 is 34.7 Å². The summed E-state index contributed by atoms with van der Waals surface area (Å²) < 4.78 is 0. The van der Waals surface area contributed by atoms with Gasteiger partial charge in [0, 0.05) is 18.1 Å². The Bertz CT molecular complexity index is 1100. The molecule has 4 aromatic rings. The molecule has 1 aromatic heterocycles. The van der Waals surface area contributed by atoms with Gasteiger partial charge in [-0.3, -0.25) is 0 Å². The van der Waals surface area contributed by atoms with Crippen LogP contribution in [-0.2, 0) is 11.2 Å². The van der Waals surface area contributed by atoms with Crippen LogP contribution in [-0.4, -0.2) is 21.7 Å². The number of aromatic amines is 1. The number of carbonyl (C=O) groups excluding carboxylic acids is 1. The van der Waals surface area contributed by atoms with E-state index in [-0.39, 0.29) is 36.0 Å². The van der Waals surface area contributed by atoms with Crippen LogP contribution in [0.1, 0.15) is 24.0 Å². The number of aliphatic carboxylic acids is 1. The molecule has 0 fully saturated rings. The molecular formula is C22H19N2NaO2S. The quantitative estimate of drug-likeness (QED) is 0.286. The monoisotopic (exact) mass is 398 g/mol. The van der Waals surface area contributed by atoms with Crippen LogP contribution in [0, 0.1) is 0 Å². The minimum atomic E-state index is -1.00. The number of rotatable bonds is 7. The van der Waals surface area contributed by atoms with E-state index in [0.717, 1.165) is 22.6 Å². The first-order valence-corrected chi connectivity index (χ1v) is 9.96. The molecular weight excluding hydrogens is 379 g/mol. The van der Waals surface area contributed by atoms with Gasteiger partial charge in [0.05, 0.1) is 11.0 Å². The topological polar surface area (TPSA) is 68.8 Å². The average molecular weight is 398 g/mol. The van der Waals surface area contributed by atoms with Crippen molar-refractivity contribution in [3.63, 3.8) is 0 Å². The molecule has 0 unspecified atom stereocenters. The van der Waals surface area contributed by atoms with E-state index >= 15 is 0 Å². The normalized spacial score (nSPS) is 10.9. The summed E-state index contributed by atoms with van der Waals surface area (Å²) in [5.74, 6) is -0.301. The molecule has 1 heterocycles. The first kappa shape index (κ1) is 20.9. The molecule has 4 nitrogen and oxygen atoms in total. The summed E-state index contributed by atoms with van der Waals surface area (Å²) in [6.07, 6.45) is 1.48. The first-order valence-electron chi connectivity index (χ1n) is 8.97. The Balaban J connectivity index is 0.00000225. The number of fused-ring (bicyclic) bond motifs is 2. The van der Waals surface area contributed by atoms with Crippen LogP contribution in [0.4, 0.5) is 0 Å². The minimum absolute atomic E-state index is 0. The summed E-state index contributed by atoms with van der Waals surface area (Å²) >= 11 is 1.55. The van der Waals surface area contributed by atoms with Gasteiger partial charge in [-0.1, -0.05) is 66.4 Å². The number of carboxylic acids is 1. The number of hydrogen-bond acceptors (Lipinski definition) is 4. The number of carbonyl (C=O) groups is 1. The summed E-state index contributed by atoms with van der Waals surface area (Å²) in [4.78, 5) is 18.6. The van der Waals surface area contributed by atoms with Crippen LogP contribution >= 0.6 is 11.8 Å². The number of carboxylic acid groups (broad SMARTS) is 1. The third-order valence-electron chi connectivity index (χ3n) is 4.60. The molecule has 0 bridgehead atoms. The molecule has 0 radical (unpaired) electrons. The predicted octanol–water partition coefficient (Wildman–Crippen LogP) is 0.933. The second kappa shape index (κ2) is 9.61. The average Bonchev–Trinajstić information content (AvgIpc) is 3.09. The molecule has 6 heteroatoms. The number of para-hydroxylation sites is 1. The van der Waals surface area contributed by atoms with Crippen molar-refractivity contribution in [1.29, 1.82) is 0 Å². The van der Waals surface area contributed by atoms with Gasteiger partial charge in [0.25, 0.3) is 0 Å². The fraction of sp³-hybridized carbons (Fsp3) is 0.182. The van der Waals surface area contributed by atoms with Crippen molar-refractivity contribution < 1.29 is 39.5 Å². The number of benzene rings is 3. The molecule has 0 atom stereocenters. The fourth-order valence-corrected chi connectivity index (χ4v) is 4.14. The van der Waals surface area contributed by atoms with E-state index in [0.29, 0.717) is 12.2 Å². The van der Waals surface area contributed by atoms with Gasteiger partial charge in [-0.25, -0.2) is 4.98 Å². The van der Waals surface area contributed by atoms with E-state index in [4.69, 9.17) is 4.98 Å². The van der Waals surface area contributed by atoms with Crippen molar-refractivity contribution in [2.45, 2.75) is 24.4 Å². The van der Waals surface area contributed by atoms with Gasteiger partial charge in [-0.2, -0.15) is 0 Å². The van der Waals surface area contributed by atoms with Crippen LogP contribution in [0.2, 0.25) is 0 Å². The third-order valence-corrected chi connectivity index (χ3v) is 5.56. The van der Waals surface area contributed by atoms with Crippen molar-refractivity contribution in [1.82, 2.24) is 9.97 Å². The molecule has 136 valence electrons. The molecule has 0 amide bonds. The van der Waals surface area contributed by atoms with Gasteiger partial charge >= 0.3 is 29.6 Å². The number of thioether (sulfide) groups is 1. The molecule has 0 aliphatic carbocycles. The first-order chi connectivity index (χ1) is 13.2. The Morgan fingerprint density at radius 1 is 1.00 bits per heavy atom. The number of nitrogens with one attached hydrogen (secondary N) is 1. The van der Waals surface area contributed by atoms with E-state index < -0.39 is 5.97 Å². The van der Waals surface area contributed by atoms with Gasteiger partial charge in [-0.15, -0.1) is 0 Å². The van der Waals surface area contributed by atoms with Crippen LogP contribution in [0.15, 0.2) is 65.8 Å². The maximum atomic E-state index is 10.5. The predicted molar refractivity (Wildman–Crippen MR) is 108 cm³/mol. The van der Waals surface area contributed by atoms with E-state index in [1.165, 1.54) is 21.9 Å². The standard InChI is InChI=1S/C22H20N2O2S.Na/c25-20(26)12-5-13-27-22-23-19-11-4-9-17(21(19)24-22)14-16-8-3-7-15-6-1-2-10-18(15)16;/h1-4,6-11H,5,12-14H2,(H,23,24)(H,25,26);/q;+1/p-1. The van der Waals surface area contributed by atoms with Crippen LogP contribution in [0.5, 0.6) is 0 Å². The van der Waals surface area contributed by atoms with Crippen molar-refractivity contribution in [2.75, 3.05) is 5.75 Å². The van der Waals surface area contributed by atoms with Crippen molar-refractivity contribution in [3.05, 3.63) is 71.8 Å². The summed E-state index contributed by atoms with van der Waals surface area (Å²) in [5.41, 5.74) is 4.46. The van der Waals surface area contributed by atoms with Gasteiger partial charge in [0.1, 0.15) is 0 Å². The van der Waals surface area contributed by atoms with E-state index in [2.05, 4.69) is 53.5 Å². The number of aromatic nitrogens is 2. The summed E-state index contributed by atoms with van der Waals surface area (Å²) in [6, 6.07) is 21.0. The maximum absolute atomic E-state index is 10.5. The van der Waals surface area contributed by atoms with Gasteiger partial charge in [-0.05, 0) is 40.8 Å². The molecule has 0 saturated carbocycles. The molecule has 4 rings (SSSR count). The maximum Gasteiger partial charge on any atom is 1.00 e. The minimum Gasteiger partial charge on any atom is -0.550 e. The van der Waals surface area contributed by atoms with Crippen LogP contribution in [0.25, 0.3) is 21.8 Å². The van der Waals surface area contributed by atoms with Gasteiger partial charge in [0.2, 0.25) is 0 Å². The second-order valence-electron chi connectivity index (χ2n) is 6.49. The van der Waals surface area contributed by atoms with E-state index in [9.17, 15) is 9.90 Å². The van der Waals surface area contributed by atoms with Crippen molar-refractivity contribution in [2.24, 2.45) is 0 Å². The number of H-pyrrole nitrogens is 1. The summed E-state index contributed by atoms with van der Waals surface area (Å²) in [6.45, 7) is 0. The zero-order valence-corrected chi connectivity index (χ0v) is 18.6. The summed E-state index contributed by atoms with van der Waals surface area (Å²) in [5, 5.41) is 13.9. The van der Waals surface area contributed by atoms with Gasteiger partial charge in [0.15, 0.2) is 5.16 Å². The van der Waals surface area contributed by atoms with Gasteiger partial charge < -0.3 is 14.9 Å². The van der Waals surface area contributed by atoms with E-state index in [1.54, 1.807) is 11.8 Å². The Morgan fingerprint density at radius 3 is 2.61 bits per heavy atom. The van der Waals surface area contributed by atoms with Crippen molar-refractivity contribution >= 4 is 39.5 Å². The second-order valence-corrected chi connectivity index (χ2v) is 7.58. The molecule has 1 N–H and O–H groups in total. The van der Waals surface area contributed by atoms with E-state index in [1.807, 2.05) is 12.1 Å². The molecule has 0 aliphatic heterocycles. The van der Waals surface area contributed by atoms with Crippen molar-refractivity contribution in [3.8, 4) is 0 Å². The third kappa shape index (κ3) is 4.78. The molecule has 28 heavy (non-hydrogen) atoms. The van der Waals surface area contributed by atoms with Crippen LogP contribution in [0.3, 0.4) is 0 Å². The zero-order chi connectivity index (χ0) is 18.6. The number of hydrogen-bond donors (Lipinski definition) is 1. The smallest absolute Gasteiger partial charge is 0.550 e. The molecule has 0 spiro atoms. The zero-order valence-electron chi connectivity index (χ0n) is 15.8. The Labute approximate surface area is 190 Å². The Hall–Kier alpha value is -1.79. The fourth-order valence-electron chi connectivity index (χ4n) is 3.32. The Morgan fingerprint density at radius 2 is 1.75 bits per heavy atom. The molecule has 0 aliphatic rings. The largest absolute Gasteiger partial charge is 1.00 e. The number of nitrogens with zero attached hydrogens (tertiary/aromatic N) is 1. The summed E-state index contributed by atoms with van der Waals surface area (Å²) in [7, 11) is 0. The number of imidazole rings is 1.